The lowest BCUT2D eigenvalue weighted by Crippen LogP contribution is -2.31. The van der Waals surface area contributed by atoms with E-state index in [1.807, 2.05) is 0 Å². The summed E-state index contributed by atoms with van der Waals surface area (Å²) in [6.45, 7) is 10.9. The lowest BCUT2D eigenvalue weighted by Gasteiger charge is -2.42. The Kier molecular flexibility index (Phi) is 5.76. The fourth-order valence-corrected chi connectivity index (χ4v) is 4.72. The van der Waals surface area contributed by atoms with E-state index in [4.69, 9.17) is 0 Å². The van der Waals surface area contributed by atoms with Gasteiger partial charge in [0.15, 0.2) is 0 Å². The maximum atomic E-state index is 9.31. The average Bonchev–Trinajstić information content (AvgIpc) is 2.69. The van der Waals surface area contributed by atoms with Gasteiger partial charge in [-0.05, 0) is 78.9 Å². The summed E-state index contributed by atoms with van der Waals surface area (Å²) in [7, 11) is 0. The summed E-state index contributed by atoms with van der Waals surface area (Å²) in [6, 6.07) is 13.0. The van der Waals surface area contributed by atoms with Crippen molar-refractivity contribution in [3.63, 3.8) is 0 Å². The molecule has 0 N–H and O–H groups in total. The summed E-state index contributed by atoms with van der Waals surface area (Å²) in [5.74, 6) is 0.480. The first kappa shape index (κ1) is 20.0. The third-order valence-electron chi connectivity index (χ3n) is 6.29. The molecule has 1 atom stereocenters. The summed E-state index contributed by atoms with van der Waals surface area (Å²) in [5.41, 5.74) is 6.35. The average molecular weight is 372 g/mol. The van der Waals surface area contributed by atoms with Gasteiger partial charge in [-0.3, -0.25) is 0 Å². The molecule has 0 aliphatic heterocycles. The highest BCUT2D eigenvalue weighted by Crippen LogP contribution is 2.50. The van der Waals surface area contributed by atoms with Gasteiger partial charge in [-0.15, -0.1) is 0 Å². The Bertz CT molecular complexity index is 894. The zero-order valence-electron chi connectivity index (χ0n) is 17.4. The van der Waals surface area contributed by atoms with Gasteiger partial charge < -0.3 is 4.90 Å². The van der Waals surface area contributed by atoms with Crippen molar-refractivity contribution in [1.82, 2.24) is 0 Å². The van der Waals surface area contributed by atoms with E-state index >= 15 is 0 Å². The first-order chi connectivity index (χ1) is 13.4. The standard InChI is InChI=1S/C25H29N3/c1-5-28(6-2)23-10-7-18(8-11-23)19-9-12-24-20(13-19)14-21(15-25(24,3)4)22(16-26)17-27/h7-8,10-11,13-14,24H,5-6,9,12,15H2,1-4H3. The molecule has 28 heavy (non-hydrogen) atoms. The number of anilines is 1. The Morgan fingerprint density at radius 1 is 1.07 bits per heavy atom. The predicted octanol–water partition coefficient (Wildman–Crippen LogP) is 6.03. The number of rotatable bonds is 4. The van der Waals surface area contributed by atoms with E-state index in [9.17, 15) is 10.5 Å². The Morgan fingerprint density at radius 3 is 2.29 bits per heavy atom. The zero-order chi connectivity index (χ0) is 20.3. The van der Waals surface area contributed by atoms with Crippen LogP contribution in [0.3, 0.4) is 0 Å². The van der Waals surface area contributed by atoms with Gasteiger partial charge in [-0.25, -0.2) is 0 Å². The third kappa shape index (κ3) is 3.76. The van der Waals surface area contributed by atoms with Crippen LogP contribution in [0.4, 0.5) is 5.69 Å². The first-order valence-corrected chi connectivity index (χ1v) is 10.2. The second-order valence-electron chi connectivity index (χ2n) is 8.41. The van der Waals surface area contributed by atoms with Crippen LogP contribution in [0, 0.1) is 34.0 Å². The molecule has 0 radical (unpaired) electrons. The molecule has 0 heterocycles. The molecule has 0 bridgehead atoms. The minimum atomic E-state index is 0.0625. The Labute approximate surface area is 169 Å². The summed E-state index contributed by atoms with van der Waals surface area (Å²) in [4.78, 5) is 2.35. The molecule has 0 saturated carbocycles. The van der Waals surface area contributed by atoms with Crippen LogP contribution in [0.5, 0.6) is 0 Å². The van der Waals surface area contributed by atoms with E-state index in [-0.39, 0.29) is 11.0 Å². The number of fused-ring (bicyclic) bond motifs is 1. The van der Waals surface area contributed by atoms with Crippen molar-refractivity contribution < 1.29 is 0 Å². The van der Waals surface area contributed by atoms with Crippen molar-refractivity contribution in [3.8, 4) is 12.1 Å². The van der Waals surface area contributed by atoms with Crippen LogP contribution in [0.25, 0.3) is 5.57 Å². The third-order valence-corrected chi connectivity index (χ3v) is 6.29. The largest absolute Gasteiger partial charge is 0.372 e. The fraction of sp³-hybridized carbons (Fsp3) is 0.440. The van der Waals surface area contributed by atoms with Gasteiger partial charge in [-0.2, -0.15) is 10.5 Å². The van der Waals surface area contributed by atoms with Crippen molar-refractivity contribution in [2.45, 2.75) is 47.0 Å². The van der Waals surface area contributed by atoms with Crippen LogP contribution in [-0.4, -0.2) is 13.1 Å². The van der Waals surface area contributed by atoms with E-state index in [0.29, 0.717) is 5.92 Å². The Balaban J connectivity index is 1.97. The summed E-state index contributed by atoms with van der Waals surface area (Å²) < 4.78 is 0. The number of hydrogen-bond acceptors (Lipinski definition) is 3. The van der Waals surface area contributed by atoms with E-state index < -0.39 is 0 Å². The molecule has 0 fully saturated rings. The molecule has 3 nitrogen and oxygen atoms in total. The molecule has 2 aliphatic carbocycles. The molecule has 1 unspecified atom stereocenters. The van der Waals surface area contributed by atoms with E-state index in [1.54, 1.807) is 0 Å². The maximum absolute atomic E-state index is 9.31. The highest BCUT2D eigenvalue weighted by molar-refractivity contribution is 5.72. The molecule has 1 aromatic carbocycles. The van der Waals surface area contributed by atoms with Crippen molar-refractivity contribution in [2.75, 3.05) is 18.0 Å². The highest BCUT2D eigenvalue weighted by Gasteiger charge is 2.38. The number of nitriles is 2. The molecule has 3 heteroatoms. The number of hydrogen-bond donors (Lipinski definition) is 0. The summed E-state index contributed by atoms with van der Waals surface area (Å²) in [5, 5.41) is 18.6. The molecule has 144 valence electrons. The monoisotopic (exact) mass is 371 g/mol. The SMILES string of the molecule is CCN(CC)c1ccc(C2=CC3=CC(=C(C#N)C#N)CC(C)(C)C3CC2)cc1. The molecule has 2 aliphatic rings. The Hall–Kier alpha value is -2.78. The van der Waals surface area contributed by atoms with Crippen LogP contribution in [0.2, 0.25) is 0 Å². The molecule has 0 saturated heterocycles. The lowest BCUT2D eigenvalue weighted by atomic mass is 9.62. The zero-order valence-corrected chi connectivity index (χ0v) is 17.4. The smallest absolute Gasteiger partial charge is 0.132 e. The second kappa shape index (κ2) is 8.07. The van der Waals surface area contributed by atoms with Crippen LogP contribution >= 0.6 is 0 Å². The van der Waals surface area contributed by atoms with Crippen molar-refractivity contribution in [3.05, 3.63) is 58.7 Å². The van der Waals surface area contributed by atoms with Gasteiger partial charge in [0.1, 0.15) is 17.7 Å². The molecule has 1 aromatic rings. The number of nitrogens with zero attached hydrogens (tertiary/aromatic N) is 3. The van der Waals surface area contributed by atoms with Crippen LogP contribution in [-0.2, 0) is 0 Å². The maximum Gasteiger partial charge on any atom is 0.132 e. The minimum absolute atomic E-state index is 0.0625. The van der Waals surface area contributed by atoms with E-state index in [1.165, 1.54) is 22.4 Å². The van der Waals surface area contributed by atoms with E-state index in [2.05, 4.69) is 81.2 Å². The van der Waals surface area contributed by atoms with Crippen LogP contribution in [0.15, 0.2) is 53.1 Å². The van der Waals surface area contributed by atoms with Gasteiger partial charge in [0.05, 0.1) is 0 Å². The molecular formula is C25H29N3. The Morgan fingerprint density at radius 2 is 1.71 bits per heavy atom. The van der Waals surface area contributed by atoms with Gasteiger partial charge >= 0.3 is 0 Å². The normalized spacial score (nSPS) is 20.2. The molecule has 0 aromatic heterocycles. The second-order valence-corrected chi connectivity index (χ2v) is 8.41. The summed E-state index contributed by atoms with van der Waals surface area (Å²) in [6.07, 6.45) is 7.37. The topological polar surface area (TPSA) is 50.8 Å². The molecule has 0 spiro atoms. The van der Waals surface area contributed by atoms with Gasteiger partial charge in [-0.1, -0.05) is 38.1 Å². The highest BCUT2D eigenvalue weighted by atomic mass is 15.1. The molecule has 0 amide bonds. The number of benzene rings is 1. The van der Waals surface area contributed by atoms with Crippen molar-refractivity contribution in [1.29, 1.82) is 10.5 Å². The quantitative estimate of drug-likeness (QED) is 0.608. The van der Waals surface area contributed by atoms with Crippen LogP contribution in [0.1, 0.15) is 52.5 Å². The number of allylic oxidation sites excluding steroid dienone is 6. The summed E-state index contributed by atoms with van der Waals surface area (Å²) >= 11 is 0. The lowest BCUT2D eigenvalue weighted by molar-refractivity contribution is 0.227. The molecular weight excluding hydrogens is 342 g/mol. The van der Waals surface area contributed by atoms with Crippen LogP contribution < -0.4 is 4.90 Å². The van der Waals surface area contributed by atoms with Gasteiger partial charge in [0, 0.05) is 18.8 Å². The van der Waals surface area contributed by atoms with E-state index in [0.717, 1.165) is 37.9 Å². The first-order valence-electron chi connectivity index (χ1n) is 10.2. The van der Waals surface area contributed by atoms with Gasteiger partial charge in [0.2, 0.25) is 0 Å². The fourth-order valence-electron chi connectivity index (χ4n) is 4.72. The van der Waals surface area contributed by atoms with Crippen molar-refractivity contribution >= 4 is 11.3 Å². The molecule has 3 rings (SSSR count). The van der Waals surface area contributed by atoms with Crippen molar-refractivity contribution in [2.24, 2.45) is 11.3 Å². The predicted molar refractivity (Wildman–Crippen MR) is 115 cm³/mol. The van der Waals surface area contributed by atoms with Gasteiger partial charge in [0.25, 0.3) is 0 Å². The minimum Gasteiger partial charge on any atom is -0.372 e.